The molecule has 0 amide bonds. The maximum Gasteiger partial charge on any atom is 0.306 e. The second kappa shape index (κ2) is 3.56. The fraction of sp³-hybridized carbons (Fsp3) is 0.857. The average Bonchev–Trinajstić information content (AvgIpc) is 2.15. The van der Waals surface area contributed by atoms with Gasteiger partial charge in [-0.15, -0.1) is 0 Å². The van der Waals surface area contributed by atoms with Crippen LogP contribution in [0.2, 0.25) is 0 Å². The van der Waals surface area contributed by atoms with Crippen molar-refractivity contribution < 1.29 is 14.6 Å². The van der Waals surface area contributed by atoms with Gasteiger partial charge in [-0.25, -0.2) is 0 Å². The molecule has 0 saturated carbocycles. The number of ether oxygens (including phenoxy) is 1. The fourth-order valence-corrected chi connectivity index (χ4v) is 0.769. The van der Waals surface area contributed by atoms with Crippen LogP contribution >= 0.6 is 0 Å². The second-order valence-electron chi connectivity index (χ2n) is 3.00. The molecule has 0 bridgehead atoms. The molecule has 0 radical (unpaired) electrons. The Kier molecular flexibility index (Phi) is 3.36. The smallest absolute Gasteiger partial charge is 0.306 e. The Morgan fingerprint density at radius 3 is 2.10 bits per heavy atom. The summed E-state index contributed by atoms with van der Waals surface area (Å²) in [6, 6.07) is 0. The second-order valence-corrected chi connectivity index (χ2v) is 3.00. The lowest BCUT2D eigenvalue weighted by atomic mass is 9.93. The van der Waals surface area contributed by atoms with Crippen LogP contribution in [0.15, 0.2) is 0 Å². The number of cyclic esters (lactones) is 1. The molecule has 1 rings (SSSR count). The van der Waals surface area contributed by atoms with Crippen molar-refractivity contribution in [2.45, 2.75) is 20.3 Å². The van der Waals surface area contributed by atoms with E-state index in [1.54, 1.807) is 0 Å². The highest BCUT2D eigenvalue weighted by Gasteiger charge is 2.30. The van der Waals surface area contributed by atoms with Crippen molar-refractivity contribution in [3.63, 3.8) is 0 Å². The van der Waals surface area contributed by atoms with E-state index in [1.807, 2.05) is 13.8 Å². The van der Waals surface area contributed by atoms with Crippen LogP contribution in [0.4, 0.5) is 0 Å². The topological polar surface area (TPSA) is 46.5 Å². The first kappa shape index (κ1) is 9.43. The number of hydrogen-bond acceptors (Lipinski definition) is 3. The van der Waals surface area contributed by atoms with Gasteiger partial charge in [-0.2, -0.15) is 0 Å². The first-order valence-corrected chi connectivity index (χ1v) is 3.20. The van der Waals surface area contributed by atoms with Gasteiger partial charge in [0, 0.05) is 12.5 Å². The van der Waals surface area contributed by atoms with Gasteiger partial charge in [0.05, 0.1) is 13.0 Å². The van der Waals surface area contributed by atoms with E-state index in [0.717, 1.165) is 7.11 Å². The lowest BCUT2D eigenvalue weighted by molar-refractivity contribution is -0.137. The standard InChI is InChI=1S/C6H10O2.CH4O/c1-6(2)3-5(7)8-4-6;1-2/h3-4H2,1-2H3;2H,1H3. The summed E-state index contributed by atoms with van der Waals surface area (Å²) in [5.74, 6) is -0.0602. The summed E-state index contributed by atoms with van der Waals surface area (Å²) in [5.41, 5.74) is 0.0943. The van der Waals surface area contributed by atoms with E-state index < -0.39 is 0 Å². The van der Waals surface area contributed by atoms with E-state index in [-0.39, 0.29) is 11.4 Å². The zero-order valence-corrected chi connectivity index (χ0v) is 6.68. The number of aliphatic hydroxyl groups excluding tert-OH is 1. The Morgan fingerprint density at radius 1 is 1.50 bits per heavy atom. The number of carbonyl (C=O) groups is 1. The van der Waals surface area contributed by atoms with Crippen molar-refractivity contribution in [3.8, 4) is 0 Å². The molecule has 1 heterocycles. The molecule has 0 unspecified atom stereocenters. The van der Waals surface area contributed by atoms with Gasteiger partial charge in [0.25, 0.3) is 0 Å². The van der Waals surface area contributed by atoms with Crippen LogP contribution in [0.1, 0.15) is 20.3 Å². The van der Waals surface area contributed by atoms with Crippen LogP contribution in [-0.2, 0) is 9.53 Å². The molecule has 1 fully saturated rings. The van der Waals surface area contributed by atoms with E-state index in [9.17, 15) is 4.79 Å². The summed E-state index contributed by atoms with van der Waals surface area (Å²) in [4.78, 5) is 10.4. The van der Waals surface area contributed by atoms with Gasteiger partial charge in [0.1, 0.15) is 0 Å². The molecular formula is C7H14O3. The Balaban J connectivity index is 0.000000371. The molecule has 0 aromatic rings. The van der Waals surface area contributed by atoms with E-state index in [0.29, 0.717) is 13.0 Å². The number of aliphatic hydroxyl groups is 1. The molecule has 1 N–H and O–H groups in total. The molecule has 60 valence electrons. The van der Waals surface area contributed by atoms with Gasteiger partial charge in [-0.1, -0.05) is 13.8 Å². The molecule has 10 heavy (non-hydrogen) atoms. The van der Waals surface area contributed by atoms with Crippen molar-refractivity contribution in [2.24, 2.45) is 5.41 Å². The van der Waals surface area contributed by atoms with Crippen molar-refractivity contribution in [2.75, 3.05) is 13.7 Å². The third-order valence-corrected chi connectivity index (χ3v) is 1.25. The first-order valence-electron chi connectivity index (χ1n) is 3.20. The summed E-state index contributed by atoms with van der Waals surface area (Å²) in [6.45, 7) is 4.64. The normalized spacial score (nSPS) is 21.0. The Labute approximate surface area is 61.0 Å². The van der Waals surface area contributed by atoms with Gasteiger partial charge < -0.3 is 9.84 Å². The van der Waals surface area contributed by atoms with Crippen LogP contribution in [0.3, 0.4) is 0 Å². The van der Waals surface area contributed by atoms with Crippen LogP contribution < -0.4 is 0 Å². The summed E-state index contributed by atoms with van der Waals surface area (Å²) in [6.07, 6.45) is 0.576. The largest absolute Gasteiger partial charge is 0.465 e. The van der Waals surface area contributed by atoms with Crippen molar-refractivity contribution in [1.82, 2.24) is 0 Å². The quantitative estimate of drug-likeness (QED) is 0.508. The number of rotatable bonds is 0. The highest BCUT2D eigenvalue weighted by molar-refractivity contribution is 5.72. The van der Waals surface area contributed by atoms with Crippen LogP contribution in [-0.4, -0.2) is 24.8 Å². The molecule has 0 aromatic heterocycles. The SMILES string of the molecule is CC1(C)COC(=O)C1.CO. The minimum Gasteiger partial charge on any atom is -0.465 e. The highest BCUT2D eigenvalue weighted by atomic mass is 16.5. The van der Waals surface area contributed by atoms with Gasteiger partial charge in [-0.05, 0) is 0 Å². The molecule has 0 aromatic carbocycles. The van der Waals surface area contributed by atoms with Crippen LogP contribution in [0.25, 0.3) is 0 Å². The molecule has 1 saturated heterocycles. The molecule has 3 nitrogen and oxygen atoms in total. The van der Waals surface area contributed by atoms with Crippen LogP contribution in [0, 0.1) is 5.41 Å². The number of hydrogen-bond donors (Lipinski definition) is 1. The van der Waals surface area contributed by atoms with Crippen molar-refractivity contribution >= 4 is 5.97 Å². The summed E-state index contributed by atoms with van der Waals surface area (Å²) >= 11 is 0. The van der Waals surface area contributed by atoms with Gasteiger partial charge >= 0.3 is 5.97 Å². The van der Waals surface area contributed by atoms with Crippen molar-refractivity contribution in [1.29, 1.82) is 0 Å². The lowest BCUT2D eigenvalue weighted by Crippen LogP contribution is -2.08. The van der Waals surface area contributed by atoms with Crippen LogP contribution in [0.5, 0.6) is 0 Å². The van der Waals surface area contributed by atoms with E-state index in [2.05, 4.69) is 0 Å². The zero-order valence-electron chi connectivity index (χ0n) is 6.68. The molecule has 1 aliphatic rings. The molecular weight excluding hydrogens is 132 g/mol. The van der Waals surface area contributed by atoms with E-state index in [1.165, 1.54) is 0 Å². The lowest BCUT2D eigenvalue weighted by Gasteiger charge is -2.09. The minimum absolute atomic E-state index is 0.0602. The minimum atomic E-state index is -0.0602. The fourth-order valence-electron chi connectivity index (χ4n) is 0.769. The Bertz CT molecular complexity index is 118. The summed E-state index contributed by atoms with van der Waals surface area (Å²) < 4.78 is 4.73. The van der Waals surface area contributed by atoms with Gasteiger partial charge in [-0.3, -0.25) is 4.79 Å². The van der Waals surface area contributed by atoms with Crippen molar-refractivity contribution in [3.05, 3.63) is 0 Å². The number of carbonyl (C=O) groups excluding carboxylic acids is 1. The summed E-state index contributed by atoms with van der Waals surface area (Å²) in [5, 5.41) is 7.00. The molecule has 0 atom stereocenters. The van der Waals surface area contributed by atoms with Gasteiger partial charge in [0.2, 0.25) is 0 Å². The monoisotopic (exact) mass is 146 g/mol. The van der Waals surface area contributed by atoms with E-state index >= 15 is 0 Å². The van der Waals surface area contributed by atoms with E-state index in [4.69, 9.17) is 9.84 Å². The maximum atomic E-state index is 10.4. The third-order valence-electron chi connectivity index (χ3n) is 1.25. The predicted octanol–water partition coefficient (Wildman–Crippen LogP) is 0.568. The molecule has 1 aliphatic heterocycles. The Morgan fingerprint density at radius 2 is 2.00 bits per heavy atom. The first-order chi connectivity index (χ1) is 4.60. The molecule has 3 heteroatoms. The molecule has 0 spiro atoms. The summed E-state index contributed by atoms with van der Waals surface area (Å²) in [7, 11) is 1.00. The molecule has 0 aliphatic carbocycles. The predicted molar refractivity (Wildman–Crippen MR) is 37.5 cm³/mol. The Hall–Kier alpha value is -0.570. The maximum absolute atomic E-state index is 10.4. The zero-order chi connectivity index (χ0) is 8.20. The van der Waals surface area contributed by atoms with Gasteiger partial charge in [0.15, 0.2) is 0 Å². The number of esters is 1. The average molecular weight is 146 g/mol. The third kappa shape index (κ3) is 2.82. The highest BCUT2D eigenvalue weighted by Crippen LogP contribution is 2.26.